The second-order valence-electron chi connectivity index (χ2n) is 6.51. The lowest BCUT2D eigenvalue weighted by Crippen LogP contribution is -2.23. The van der Waals surface area contributed by atoms with E-state index in [0.717, 1.165) is 6.42 Å². The van der Waals surface area contributed by atoms with Gasteiger partial charge in [0, 0.05) is 12.5 Å². The number of carbonyl (C=O) groups excluding carboxylic acids is 1. The molecule has 6 heteroatoms. The van der Waals surface area contributed by atoms with Crippen LogP contribution in [0.3, 0.4) is 0 Å². The summed E-state index contributed by atoms with van der Waals surface area (Å²) in [6.45, 7) is 5.94. The van der Waals surface area contributed by atoms with Crippen molar-refractivity contribution in [1.29, 1.82) is 0 Å². The Morgan fingerprint density at radius 2 is 1.92 bits per heavy atom. The zero-order valence-corrected chi connectivity index (χ0v) is 15.8. The molecule has 0 radical (unpaired) electrons. The van der Waals surface area contributed by atoms with Crippen LogP contribution in [-0.4, -0.2) is 20.1 Å². The summed E-state index contributed by atoms with van der Waals surface area (Å²) < 4.78 is 15.7. The third kappa shape index (κ3) is 4.65. The van der Waals surface area contributed by atoms with E-state index in [9.17, 15) is 9.59 Å². The minimum Gasteiger partial charge on any atom is -0.497 e. The van der Waals surface area contributed by atoms with Gasteiger partial charge in [-0.3, -0.25) is 4.79 Å². The second kappa shape index (κ2) is 8.56. The number of carbonyl (C=O) groups is 1. The van der Waals surface area contributed by atoms with Crippen molar-refractivity contribution in [2.24, 2.45) is 5.92 Å². The average Bonchev–Trinajstić information content (AvgIpc) is 2.59. The molecule has 1 amide bonds. The molecule has 1 heterocycles. The predicted molar refractivity (Wildman–Crippen MR) is 100 cm³/mol. The quantitative estimate of drug-likeness (QED) is 0.813. The maximum absolute atomic E-state index is 12.6. The molecule has 0 bridgehead atoms. The minimum atomic E-state index is -0.631. The molecule has 1 aromatic heterocycles. The third-order valence-corrected chi connectivity index (χ3v) is 4.05. The van der Waals surface area contributed by atoms with E-state index in [0.29, 0.717) is 40.8 Å². The minimum absolute atomic E-state index is 0.00355. The first-order valence-corrected chi connectivity index (χ1v) is 8.52. The maximum atomic E-state index is 12.6. The lowest BCUT2D eigenvalue weighted by atomic mass is 10.0. The fourth-order valence-corrected chi connectivity index (χ4v) is 2.59. The summed E-state index contributed by atoms with van der Waals surface area (Å²) in [4.78, 5) is 24.9. The fraction of sp³-hybridized carbons (Fsp3) is 0.400. The highest BCUT2D eigenvalue weighted by Gasteiger charge is 2.19. The third-order valence-electron chi connectivity index (χ3n) is 4.05. The number of aryl methyl sites for hydroxylation is 2. The van der Waals surface area contributed by atoms with E-state index in [4.69, 9.17) is 13.9 Å². The normalized spacial score (nSPS) is 10.7. The van der Waals surface area contributed by atoms with Gasteiger partial charge in [0.1, 0.15) is 22.8 Å². The Balaban J connectivity index is 2.26. The zero-order valence-electron chi connectivity index (χ0n) is 15.8. The van der Waals surface area contributed by atoms with Crippen molar-refractivity contribution < 1.29 is 18.7 Å². The Bertz CT molecular complexity index is 839. The van der Waals surface area contributed by atoms with E-state index in [-0.39, 0.29) is 5.56 Å². The van der Waals surface area contributed by atoms with Gasteiger partial charge in [0.2, 0.25) is 0 Å². The number of nitrogens with one attached hydrogen (secondary N) is 1. The molecule has 0 spiro atoms. The number of benzene rings is 1. The van der Waals surface area contributed by atoms with Gasteiger partial charge in [-0.1, -0.05) is 13.8 Å². The molecular weight excluding hydrogens is 334 g/mol. The summed E-state index contributed by atoms with van der Waals surface area (Å²) in [6, 6.07) is 6.76. The molecule has 6 nitrogen and oxygen atoms in total. The SMILES string of the molecule is COc1ccc(NC(=O)c2c(C)cc(CCC(C)C)oc2=O)c(OC)c1. The number of hydrogen-bond donors (Lipinski definition) is 1. The van der Waals surface area contributed by atoms with Crippen LogP contribution in [0.15, 0.2) is 33.5 Å². The smallest absolute Gasteiger partial charge is 0.349 e. The monoisotopic (exact) mass is 359 g/mol. The molecule has 0 atom stereocenters. The molecule has 140 valence electrons. The number of amides is 1. The Kier molecular flexibility index (Phi) is 6.44. The van der Waals surface area contributed by atoms with Crippen molar-refractivity contribution in [1.82, 2.24) is 0 Å². The molecule has 0 saturated carbocycles. The van der Waals surface area contributed by atoms with Crippen LogP contribution in [-0.2, 0) is 6.42 Å². The lowest BCUT2D eigenvalue weighted by Gasteiger charge is -2.12. The van der Waals surface area contributed by atoms with Gasteiger partial charge in [0.15, 0.2) is 0 Å². The van der Waals surface area contributed by atoms with Gasteiger partial charge in [0.05, 0.1) is 19.9 Å². The molecule has 0 aliphatic heterocycles. The summed E-state index contributed by atoms with van der Waals surface area (Å²) in [7, 11) is 3.04. The van der Waals surface area contributed by atoms with Crippen LogP contribution in [0.1, 0.15) is 41.9 Å². The molecule has 2 rings (SSSR count). The zero-order chi connectivity index (χ0) is 19.3. The standard InChI is InChI=1S/C20H25NO5/c1-12(2)6-7-15-10-13(3)18(20(23)26-15)19(22)21-16-9-8-14(24-4)11-17(16)25-5/h8-12H,6-7H2,1-5H3,(H,21,22). The topological polar surface area (TPSA) is 77.8 Å². The average molecular weight is 359 g/mol. The van der Waals surface area contributed by atoms with Crippen LogP contribution in [0.2, 0.25) is 0 Å². The van der Waals surface area contributed by atoms with E-state index < -0.39 is 11.5 Å². The molecule has 0 unspecified atom stereocenters. The molecule has 2 aromatic rings. The number of ether oxygens (including phenoxy) is 2. The first kappa shape index (κ1) is 19.6. The van der Waals surface area contributed by atoms with Crippen LogP contribution < -0.4 is 20.4 Å². The first-order chi connectivity index (χ1) is 12.3. The first-order valence-electron chi connectivity index (χ1n) is 8.52. The van der Waals surface area contributed by atoms with Gasteiger partial charge in [-0.05, 0) is 43.0 Å². The van der Waals surface area contributed by atoms with Gasteiger partial charge in [-0.15, -0.1) is 0 Å². The number of methoxy groups -OCH3 is 2. The van der Waals surface area contributed by atoms with Gasteiger partial charge < -0.3 is 19.2 Å². The Hall–Kier alpha value is -2.76. The van der Waals surface area contributed by atoms with E-state index in [2.05, 4.69) is 19.2 Å². The fourth-order valence-electron chi connectivity index (χ4n) is 2.59. The maximum Gasteiger partial charge on any atom is 0.349 e. The Morgan fingerprint density at radius 3 is 2.50 bits per heavy atom. The van der Waals surface area contributed by atoms with E-state index in [1.807, 2.05) is 0 Å². The van der Waals surface area contributed by atoms with Crippen LogP contribution in [0.5, 0.6) is 11.5 Å². The van der Waals surface area contributed by atoms with Crippen molar-refractivity contribution in [3.05, 3.63) is 51.6 Å². The number of rotatable bonds is 7. The molecule has 0 aliphatic rings. The Labute approximate surface area is 153 Å². The molecule has 1 N–H and O–H groups in total. The van der Waals surface area contributed by atoms with Gasteiger partial charge in [0.25, 0.3) is 5.91 Å². The largest absolute Gasteiger partial charge is 0.497 e. The summed E-state index contributed by atoms with van der Waals surface area (Å²) in [6.07, 6.45) is 1.58. The molecule has 0 saturated heterocycles. The summed E-state index contributed by atoms with van der Waals surface area (Å²) in [5.41, 5.74) is 0.399. The molecule has 26 heavy (non-hydrogen) atoms. The predicted octanol–water partition coefficient (Wildman–Crippen LogP) is 3.81. The van der Waals surface area contributed by atoms with Gasteiger partial charge >= 0.3 is 5.63 Å². The van der Waals surface area contributed by atoms with E-state index in [1.54, 1.807) is 38.3 Å². The van der Waals surface area contributed by atoms with Crippen LogP contribution in [0, 0.1) is 12.8 Å². The van der Waals surface area contributed by atoms with Crippen LogP contribution in [0.25, 0.3) is 0 Å². The highest BCUT2D eigenvalue weighted by atomic mass is 16.5. The van der Waals surface area contributed by atoms with Crippen molar-refractivity contribution in [3.8, 4) is 11.5 Å². The van der Waals surface area contributed by atoms with Crippen LogP contribution in [0.4, 0.5) is 5.69 Å². The number of anilines is 1. The van der Waals surface area contributed by atoms with Crippen molar-refractivity contribution >= 4 is 11.6 Å². The van der Waals surface area contributed by atoms with Gasteiger partial charge in [-0.2, -0.15) is 0 Å². The molecule has 0 aliphatic carbocycles. The summed E-state index contributed by atoms with van der Waals surface area (Å²) in [5.74, 6) is 1.61. The molecule has 0 fully saturated rings. The lowest BCUT2D eigenvalue weighted by molar-refractivity contribution is 0.102. The van der Waals surface area contributed by atoms with Crippen molar-refractivity contribution in [2.75, 3.05) is 19.5 Å². The van der Waals surface area contributed by atoms with Crippen molar-refractivity contribution in [3.63, 3.8) is 0 Å². The van der Waals surface area contributed by atoms with E-state index >= 15 is 0 Å². The van der Waals surface area contributed by atoms with Crippen LogP contribution >= 0.6 is 0 Å². The highest BCUT2D eigenvalue weighted by molar-refractivity contribution is 6.05. The Morgan fingerprint density at radius 1 is 1.19 bits per heavy atom. The second-order valence-corrected chi connectivity index (χ2v) is 6.51. The number of hydrogen-bond acceptors (Lipinski definition) is 5. The summed E-state index contributed by atoms with van der Waals surface area (Å²) in [5, 5.41) is 2.70. The molecule has 1 aromatic carbocycles. The summed E-state index contributed by atoms with van der Waals surface area (Å²) >= 11 is 0. The molecular formula is C20H25NO5. The van der Waals surface area contributed by atoms with Gasteiger partial charge in [-0.25, -0.2) is 4.79 Å². The van der Waals surface area contributed by atoms with Crippen molar-refractivity contribution in [2.45, 2.75) is 33.6 Å². The highest BCUT2D eigenvalue weighted by Crippen LogP contribution is 2.29. The van der Waals surface area contributed by atoms with E-state index in [1.165, 1.54) is 7.11 Å².